The molecule has 1 saturated heterocycles. The maximum absolute atomic E-state index is 11.6. The van der Waals surface area contributed by atoms with E-state index < -0.39 is 9.84 Å². The van der Waals surface area contributed by atoms with E-state index >= 15 is 0 Å². The van der Waals surface area contributed by atoms with E-state index in [0.29, 0.717) is 5.75 Å². The summed E-state index contributed by atoms with van der Waals surface area (Å²) in [6.45, 7) is 0. The van der Waals surface area contributed by atoms with Gasteiger partial charge in [0, 0.05) is 6.20 Å². The van der Waals surface area contributed by atoms with Gasteiger partial charge in [0.2, 0.25) is 0 Å². The molecule has 1 fully saturated rings. The number of fused-ring (bicyclic) bond motifs is 1. The number of aromatic nitrogens is 3. The fourth-order valence-electron chi connectivity index (χ4n) is 2.35. The standard InChI is InChI=1S/C11H13N3O2S/c15-17(16)6-2-3-9(7-17)14-8-13-10-4-1-5-12-11(10)14/h1,4-5,8-9H,2-3,6-7H2. The highest BCUT2D eigenvalue weighted by atomic mass is 32.2. The summed E-state index contributed by atoms with van der Waals surface area (Å²) in [7, 11) is -2.90. The second-order valence-electron chi connectivity index (χ2n) is 4.41. The summed E-state index contributed by atoms with van der Waals surface area (Å²) >= 11 is 0. The van der Waals surface area contributed by atoms with Crippen LogP contribution >= 0.6 is 0 Å². The van der Waals surface area contributed by atoms with Crippen molar-refractivity contribution < 1.29 is 8.42 Å². The van der Waals surface area contributed by atoms with E-state index in [1.54, 1.807) is 12.5 Å². The van der Waals surface area contributed by atoms with Crippen LogP contribution < -0.4 is 0 Å². The first-order valence-electron chi connectivity index (χ1n) is 5.64. The van der Waals surface area contributed by atoms with Gasteiger partial charge in [-0.05, 0) is 25.0 Å². The molecule has 0 spiro atoms. The summed E-state index contributed by atoms with van der Waals surface area (Å²) in [5, 5.41) is 0. The van der Waals surface area contributed by atoms with Crippen LogP contribution in [0.4, 0.5) is 0 Å². The normalized spacial score (nSPS) is 23.9. The molecule has 17 heavy (non-hydrogen) atoms. The van der Waals surface area contributed by atoms with Crippen molar-refractivity contribution in [3.8, 4) is 0 Å². The smallest absolute Gasteiger partial charge is 0.160 e. The molecule has 0 N–H and O–H groups in total. The molecule has 0 aromatic carbocycles. The van der Waals surface area contributed by atoms with Crippen molar-refractivity contribution in [1.29, 1.82) is 0 Å². The van der Waals surface area contributed by atoms with Gasteiger partial charge in [-0.15, -0.1) is 0 Å². The minimum Gasteiger partial charge on any atom is -0.311 e. The lowest BCUT2D eigenvalue weighted by Gasteiger charge is -2.23. The van der Waals surface area contributed by atoms with Crippen LogP contribution in [0.25, 0.3) is 11.2 Å². The molecular formula is C11H13N3O2S. The molecule has 1 aliphatic heterocycles. The molecule has 1 aliphatic rings. The third-order valence-corrected chi connectivity index (χ3v) is 4.97. The van der Waals surface area contributed by atoms with Crippen LogP contribution in [0.3, 0.4) is 0 Å². The Morgan fingerprint density at radius 2 is 2.24 bits per heavy atom. The fraction of sp³-hybridized carbons (Fsp3) is 0.455. The number of rotatable bonds is 1. The minimum absolute atomic E-state index is 0.0198. The zero-order valence-corrected chi connectivity index (χ0v) is 10.1. The Morgan fingerprint density at radius 3 is 3.06 bits per heavy atom. The van der Waals surface area contributed by atoms with Crippen LogP contribution in [0, 0.1) is 0 Å². The van der Waals surface area contributed by atoms with Gasteiger partial charge >= 0.3 is 0 Å². The molecule has 6 heteroatoms. The first-order valence-corrected chi connectivity index (χ1v) is 7.46. The lowest BCUT2D eigenvalue weighted by molar-refractivity contribution is 0.477. The van der Waals surface area contributed by atoms with E-state index in [-0.39, 0.29) is 11.8 Å². The minimum atomic E-state index is -2.90. The molecule has 0 bridgehead atoms. The first kappa shape index (κ1) is 10.7. The second-order valence-corrected chi connectivity index (χ2v) is 6.64. The van der Waals surface area contributed by atoms with Crippen LogP contribution in [0.15, 0.2) is 24.7 Å². The van der Waals surface area contributed by atoms with E-state index in [2.05, 4.69) is 9.97 Å². The van der Waals surface area contributed by atoms with Gasteiger partial charge in [0.05, 0.1) is 23.9 Å². The molecule has 1 unspecified atom stereocenters. The number of hydrogen-bond acceptors (Lipinski definition) is 4. The van der Waals surface area contributed by atoms with Crippen LogP contribution in [-0.2, 0) is 9.84 Å². The lowest BCUT2D eigenvalue weighted by Crippen LogP contribution is -2.27. The van der Waals surface area contributed by atoms with Crippen molar-refractivity contribution in [2.45, 2.75) is 18.9 Å². The fourth-order valence-corrected chi connectivity index (χ4v) is 4.04. The van der Waals surface area contributed by atoms with E-state index in [4.69, 9.17) is 0 Å². The van der Waals surface area contributed by atoms with Gasteiger partial charge in [-0.2, -0.15) is 0 Å². The molecule has 0 saturated carbocycles. The number of hydrogen-bond donors (Lipinski definition) is 0. The highest BCUT2D eigenvalue weighted by Gasteiger charge is 2.26. The van der Waals surface area contributed by atoms with Gasteiger partial charge in [-0.3, -0.25) is 0 Å². The maximum atomic E-state index is 11.6. The zero-order chi connectivity index (χ0) is 11.9. The van der Waals surface area contributed by atoms with Crippen LogP contribution in [0.2, 0.25) is 0 Å². The average Bonchev–Trinajstić information content (AvgIpc) is 2.71. The first-order chi connectivity index (χ1) is 8.16. The van der Waals surface area contributed by atoms with Crippen molar-refractivity contribution in [2.24, 2.45) is 0 Å². The summed E-state index contributed by atoms with van der Waals surface area (Å²) in [6, 6.07) is 3.70. The van der Waals surface area contributed by atoms with Crippen molar-refractivity contribution in [3.05, 3.63) is 24.7 Å². The Morgan fingerprint density at radius 1 is 1.35 bits per heavy atom. The number of imidazole rings is 1. The van der Waals surface area contributed by atoms with Crippen LogP contribution in [0.5, 0.6) is 0 Å². The third kappa shape index (κ3) is 1.93. The molecule has 90 valence electrons. The van der Waals surface area contributed by atoms with Crippen molar-refractivity contribution in [1.82, 2.24) is 14.5 Å². The van der Waals surface area contributed by atoms with Gasteiger partial charge in [0.1, 0.15) is 5.52 Å². The lowest BCUT2D eigenvalue weighted by atomic mass is 10.2. The monoisotopic (exact) mass is 251 g/mol. The van der Waals surface area contributed by atoms with E-state index in [0.717, 1.165) is 24.0 Å². The van der Waals surface area contributed by atoms with E-state index in [1.807, 2.05) is 16.7 Å². The number of sulfone groups is 1. The predicted molar refractivity (Wildman–Crippen MR) is 64.5 cm³/mol. The topological polar surface area (TPSA) is 64.8 Å². The summed E-state index contributed by atoms with van der Waals surface area (Å²) in [5.41, 5.74) is 1.59. The van der Waals surface area contributed by atoms with Crippen molar-refractivity contribution >= 4 is 21.0 Å². The quantitative estimate of drug-likeness (QED) is 0.763. The Bertz CT molecular complexity index is 648. The van der Waals surface area contributed by atoms with E-state index in [9.17, 15) is 8.42 Å². The predicted octanol–water partition coefficient (Wildman–Crippen LogP) is 1.18. The molecule has 2 aromatic heterocycles. The van der Waals surface area contributed by atoms with Crippen LogP contribution in [-0.4, -0.2) is 34.5 Å². The Labute approximate surface area is 99.4 Å². The number of pyridine rings is 1. The molecule has 1 atom stereocenters. The van der Waals surface area contributed by atoms with Gasteiger partial charge in [-0.25, -0.2) is 18.4 Å². The van der Waals surface area contributed by atoms with Gasteiger partial charge in [0.15, 0.2) is 15.5 Å². The van der Waals surface area contributed by atoms with Gasteiger partial charge in [-0.1, -0.05) is 0 Å². The Hall–Kier alpha value is -1.43. The third-order valence-electron chi connectivity index (χ3n) is 3.16. The zero-order valence-electron chi connectivity index (χ0n) is 9.28. The van der Waals surface area contributed by atoms with Gasteiger partial charge < -0.3 is 4.57 Å². The summed E-state index contributed by atoms with van der Waals surface area (Å²) in [4.78, 5) is 8.52. The number of nitrogens with zero attached hydrogens (tertiary/aromatic N) is 3. The van der Waals surface area contributed by atoms with E-state index in [1.165, 1.54) is 0 Å². The van der Waals surface area contributed by atoms with Gasteiger partial charge in [0.25, 0.3) is 0 Å². The SMILES string of the molecule is O=S1(=O)CCCC(n2cnc3cccnc32)C1. The highest BCUT2D eigenvalue weighted by Crippen LogP contribution is 2.25. The molecule has 2 aromatic rings. The van der Waals surface area contributed by atoms with Crippen molar-refractivity contribution in [3.63, 3.8) is 0 Å². The molecule has 0 aliphatic carbocycles. The van der Waals surface area contributed by atoms with Crippen molar-refractivity contribution in [2.75, 3.05) is 11.5 Å². The molecule has 3 rings (SSSR count). The second kappa shape index (κ2) is 3.80. The molecule has 0 radical (unpaired) electrons. The summed E-state index contributed by atoms with van der Waals surface area (Å²) < 4.78 is 25.2. The Balaban J connectivity index is 2.04. The molecule has 5 nitrogen and oxygen atoms in total. The van der Waals surface area contributed by atoms with Crippen LogP contribution in [0.1, 0.15) is 18.9 Å². The largest absolute Gasteiger partial charge is 0.311 e. The molecule has 0 amide bonds. The average molecular weight is 251 g/mol. The molecular weight excluding hydrogens is 238 g/mol. The summed E-state index contributed by atoms with van der Waals surface area (Å²) in [5.74, 6) is 0.512. The maximum Gasteiger partial charge on any atom is 0.160 e. The molecule has 3 heterocycles. The summed E-state index contributed by atoms with van der Waals surface area (Å²) in [6.07, 6.45) is 5.00. The highest BCUT2D eigenvalue weighted by molar-refractivity contribution is 7.91. The Kier molecular flexibility index (Phi) is 2.39.